The first kappa shape index (κ1) is 14.0. The molecule has 0 bridgehead atoms. The van der Waals surface area contributed by atoms with Gasteiger partial charge in [0, 0.05) is 24.0 Å². The SMILES string of the molecule is Cc1cc(NC(=O)CC(C)C2CCCNC2)ccn1. The summed E-state index contributed by atoms with van der Waals surface area (Å²) in [6.07, 6.45) is 4.77. The van der Waals surface area contributed by atoms with Crippen LogP contribution in [0.25, 0.3) is 0 Å². The van der Waals surface area contributed by atoms with E-state index < -0.39 is 0 Å². The molecule has 1 aromatic rings. The number of hydrogen-bond donors (Lipinski definition) is 2. The van der Waals surface area contributed by atoms with Crippen molar-refractivity contribution >= 4 is 11.6 Å². The molecule has 0 radical (unpaired) electrons. The number of amides is 1. The molecule has 4 heteroatoms. The normalized spacial score (nSPS) is 20.8. The first-order chi connectivity index (χ1) is 9.15. The number of nitrogens with zero attached hydrogens (tertiary/aromatic N) is 1. The van der Waals surface area contributed by atoms with E-state index in [1.807, 2.05) is 19.1 Å². The van der Waals surface area contributed by atoms with Gasteiger partial charge in [0.1, 0.15) is 0 Å². The highest BCUT2D eigenvalue weighted by Gasteiger charge is 2.21. The Morgan fingerprint density at radius 3 is 3.16 bits per heavy atom. The molecule has 19 heavy (non-hydrogen) atoms. The highest BCUT2D eigenvalue weighted by molar-refractivity contribution is 5.90. The number of aryl methyl sites for hydroxylation is 1. The summed E-state index contributed by atoms with van der Waals surface area (Å²) < 4.78 is 0. The summed E-state index contributed by atoms with van der Waals surface area (Å²) in [4.78, 5) is 16.1. The van der Waals surface area contributed by atoms with Gasteiger partial charge >= 0.3 is 0 Å². The summed E-state index contributed by atoms with van der Waals surface area (Å²) in [5, 5.41) is 6.36. The highest BCUT2D eigenvalue weighted by Crippen LogP contribution is 2.23. The summed E-state index contributed by atoms with van der Waals surface area (Å²) in [6, 6.07) is 3.72. The van der Waals surface area contributed by atoms with Gasteiger partial charge in [-0.1, -0.05) is 6.92 Å². The Kier molecular flexibility index (Phi) is 4.91. The van der Waals surface area contributed by atoms with Crippen LogP contribution in [0.1, 0.15) is 31.9 Å². The summed E-state index contributed by atoms with van der Waals surface area (Å²) >= 11 is 0. The Labute approximate surface area is 115 Å². The second-order valence-corrected chi connectivity index (χ2v) is 5.52. The van der Waals surface area contributed by atoms with E-state index in [1.165, 1.54) is 12.8 Å². The molecular weight excluding hydrogens is 238 g/mol. The summed E-state index contributed by atoms with van der Waals surface area (Å²) in [5.41, 5.74) is 1.76. The van der Waals surface area contributed by atoms with Gasteiger partial charge in [-0.3, -0.25) is 9.78 Å². The Morgan fingerprint density at radius 1 is 1.63 bits per heavy atom. The van der Waals surface area contributed by atoms with Gasteiger partial charge < -0.3 is 10.6 Å². The lowest BCUT2D eigenvalue weighted by Gasteiger charge is -2.28. The second-order valence-electron chi connectivity index (χ2n) is 5.52. The fraction of sp³-hybridized carbons (Fsp3) is 0.600. The van der Waals surface area contributed by atoms with Gasteiger partial charge in [0.05, 0.1) is 0 Å². The molecule has 0 spiro atoms. The first-order valence-corrected chi connectivity index (χ1v) is 7.08. The molecule has 2 rings (SSSR count). The van der Waals surface area contributed by atoms with Crippen LogP contribution in [0.2, 0.25) is 0 Å². The van der Waals surface area contributed by atoms with E-state index in [9.17, 15) is 4.79 Å². The molecule has 1 aliphatic rings. The van der Waals surface area contributed by atoms with Crippen molar-refractivity contribution in [3.05, 3.63) is 24.0 Å². The minimum Gasteiger partial charge on any atom is -0.326 e. The number of hydrogen-bond acceptors (Lipinski definition) is 3. The number of pyridine rings is 1. The Balaban J connectivity index is 1.83. The second kappa shape index (κ2) is 6.66. The van der Waals surface area contributed by atoms with Crippen molar-refractivity contribution in [2.24, 2.45) is 11.8 Å². The van der Waals surface area contributed by atoms with Crippen molar-refractivity contribution in [3.63, 3.8) is 0 Å². The Morgan fingerprint density at radius 2 is 2.47 bits per heavy atom. The van der Waals surface area contributed by atoms with Crippen LogP contribution in [0.3, 0.4) is 0 Å². The van der Waals surface area contributed by atoms with E-state index in [0.29, 0.717) is 18.3 Å². The van der Waals surface area contributed by atoms with Gasteiger partial charge in [-0.25, -0.2) is 0 Å². The molecule has 1 aliphatic heterocycles. The number of carbonyl (C=O) groups is 1. The Bertz CT molecular complexity index is 427. The maximum atomic E-state index is 12.0. The highest BCUT2D eigenvalue weighted by atomic mass is 16.1. The number of carbonyl (C=O) groups excluding carboxylic acids is 1. The molecule has 0 aromatic carbocycles. The molecule has 2 N–H and O–H groups in total. The maximum Gasteiger partial charge on any atom is 0.224 e. The number of rotatable bonds is 4. The molecule has 2 atom stereocenters. The number of anilines is 1. The zero-order chi connectivity index (χ0) is 13.7. The topological polar surface area (TPSA) is 54.0 Å². The van der Waals surface area contributed by atoms with Crippen LogP contribution in [-0.4, -0.2) is 24.0 Å². The smallest absolute Gasteiger partial charge is 0.224 e. The van der Waals surface area contributed by atoms with Crippen LogP contribution < -0.4 is 10.6 Å². The number of aromatic nitrogens is 1. The van der Waals surface area contributed by atoms with Gasteiger partial charge in [0.25, 0.3) is 0 Å². The lowest BCUT2D eigenvalue weighted by atomic mass is 9.85. The molecule has 2 heterocycles. The number of nitrogens with one attached hydrogen (secondary N) is 2. The third-order valence-electron chi connectivity index (χ3n) is 3.83. The number of piperidine rings is 1. The Hall–Kier alpha value is -1.42. The molecule has 104 valence electrons. The molecule has 0 saturated carbocycles. The van der Waals surface area contributed by atoms with E-state index in [4.69, 9.17) is 0 Å². The van der Waals surface area contributed by atoms with Gasteiger partial charge in [-0.15, -0.1) is 0 Å². The van der Waals surface area contributed by atoms with Crippen molar-refractivity contribution in [2.75, 3.05) is 18.4 Å². The van der Waals surface area contributed by atoms with Gasteiger partial charge in [0.15, 0.2) is 0 Å². The van der Waals surface area contributed by atoms with Gasteiger partial charge in [0.2, 0.25) is 5.91 Å². The molecule has 4 nitrogen and oxygen atoms in total. The zero-order valence-electron chi connectivity index (χ0n) is 11.8. The minimum absolute atomic E-state index is 0.101. The predicted molar refractivity (Wildman–Crippen MR) is 77.0 cm³/mol. The molecule has 1 amide bonds. The van der Waals surface area contributed by atoms with Crippen LogP contribution in [0.5, 0.6) is 0 Å². The van der Waals surface area contributed by atoms with Crippen molar-refractivity contribution in [3.8, 4) is 0 Å². The van der Waals surface area contributed by atoms with E-state index in [-0.39, 0.29) is 5.91 Å². The largest absolute Gasteiger partial charge is 0.326 e. The lowest BCUT2D eigenvalue weighted by molar-refractivity contribution is -0.117. The summed E-state index contributed by atoms with van der Waals surface area (Å²) in [6.45, 7) is 6.26. The first-order valence-electron chi connectivity index (χ1n) is 7.08. The van der Waals surface area contributed by atoms with E-state index in [2.05, 4.69) is 22.5 Å². The fourth-order valence-corrected chi connectivity index (χ4v) is 2.66. The van der Waals surface area contributed by atoms with Crippen molar-refractivity contribution in [1.29, 1.82) is 0 Å². The maximum absolute atomic E-state index is 12.0. The average Bonchev–Trinajstić information content (AvgIpc) is 2.39. The van der Waals surface area contributed by atoms with Crippen LogP contribution in [0, 0.1) is 18.8 Å². The molecule has 2 unspecified atom stereocenters. The third-order valence-corrected chi connectivity index (χ3v) is 3.83. The van der Waals surface area contributed by atoms with Crippen molar-refractivity contribution in [2.45, 2.75) is 33.1 Å². The monoisotopic (exact) mass is 261 g/mol. The van der Waals surface area contributed by atoms with Crippen molar-refractivity contribution in [1.82, 2.24) is 10.3 Å². The summed E-state index contributed by atoms with van der Waals surface area (Å²) in [5.74, 6) is 1.15. The molecule has 1 saturated heterocycles. The van der Waals surface area contributed by atoms with Crippen molar-refractivity contribution < 1.29 is 4.79 Å². The van der Waals surface area contributed by atoms with E-state index in [1.54, 1.807) is 6.20 Å². The third kappa shape index (κ3) is 4.31. The average molecular weight is 261 g/mol. The van der Waals surface area contributed by atoms with Gasteiger partial charge in [-0.2, -0.15) is 0 Å². The molecule has 1 fully saturated rings. The minimum atomic E-state index is 0.101. The van der Waals surface area contributed by atoms with Gasteiger partial charge in [-0.05, 0) is 56.8 Å². The quantitative estimate of drug-likeness (QED) is 0.874. The molecule has 0 aliphatic carbocycles. The van der Waals surface area contributed by atoms with E-state index >= 15 is 0 Å². The molecule has 1 aromatic heterocycles. The van der Waals surface area contributed by atoms with Crippen LogP contribution in [0.4, 0.5) is 5.69 Å². The lowest BCUT2D eigenvalue weighted by Crippen LogP contribution is -2.34. The van der Waals surface area contributed by atoms with Crippen LogP contribution in [0.15, 0.2) is 18.3 Å². The molecular formula is C15H23N3O. The van der Waals surface area contributed by atoms with Crippen LogP contribution >= 0.6 is 0 Å². The zero-order valence-corrected chi connectivity index (χ0v) is 11.8. The standard InChI is InChI=1S/C15H23N3O/c1-11(13-4-3-6-16-10-13)8-15(19)18-14-5-7-17-12(2)9-14/h5,7,9,11,13,16H,3-4,6,8,10H2,1-2H3,(H,17,18,19). The predicted octanol–water partition coefficient (Wildman–Crippen LogP) is 2.35. The fourth-order valence-electron chi connectivity index (χ4n) is 2.66. The van der Waals surface area contributed by atoms with Crippen LogP contribution in [-0.2, 0) is 4.79 Å². The van der Waals surface area contributed by atoms with E-state index in [0.717, 1.165) is 24.5 Å². The summed E-state index contributed by atoms with van der Waals surface area (Å²) in [7, 11) is 0.